The van der Waals surface area contributed by atoms with E-state index >= 15 is 0 Å². The number of pyridine rings is 1. The fourth-order valence-corrected chi connectivity index (χ4v) is 3.11. The first-order valence-corrected chi connectivity index (χ1v) is 7.41. The van der Waals surface area contributed by atoms with Gasteiger partial charge in [0.15, 0.2) is 0 Å². The molecule has 114 valence electrons. The maximum atomic E-state index is 12.1. The first-order chi connectivity index (χ1) is 11.3. The molecule has 0 bridgehead atoms. The van der Waals surface area contributed by atoms with Crippen molar-refractivity contribution in [2.24, 2.45) is 5.92 Å². The van der Waals surface area contributed by atoms with Crippen LogP contribution in [0.5, 0.6) is 5.75 Å². The Kier molecular flexibility index (Phi) is 3.12. The molecule has 6 heteroatoms. The first kappa shape index (κ1) is 13.6. The predicted octanol–water partition coefficient (Wildman–Crippen LogP) is 2.25. The number of rotatable bonds is 2. The zero-order valence-corrected chi connectivity index (χ0v) is 12.2. The van der Waals surface area contributed by atoms with Gasteiger partial charge in [0.05, 0.1) is 12.2 Å². The summed E-state index contributed by atoms with van der Waals surface area (Å²) in [4.78, 5) is 16.1. The van der Waals surface area contributed by atoms with Crippen LogP contribution >= 0.6 is 0 Å². The van der Waals surface area contributed by atoms with Gasteiger partial charge in [-0.3, -0.25) is 5.32 Å². The topological polar surface area (TPSA) is 87.0 Å². The first-order valence-electron chi connectivity index (χ1n) is 7.41. The van der Waals surface area contributed by atoms with Crippen LogP contribution in [0.25, 0.3) is 0 Å². The van der Waals surface area contributed by atoms with Gasteiger partial charge in [0.25, 0.3) is 0 Å². The van der Waals surface area contributed by atoms with Crippen LogP contribution in [-0.4, -0.2) is 23.7 Å². The third kappa shape index (κ3) is 2.46. The molecule has 1 saturated carbocycles. The Morgan fingerprint density at radius 3 is 2.96 bits per heavy atom. The normalized spacial score (nSPS) is 23.5. The number of hydrogen-bond donors (Lipinski definition) is 2. The second kappa shape index (κ2) is 5.29. The molecule has 4 rings (SSSR count). The molecule has 0 spiro atoms. The zero-order valence-electron chi connectivity index (χ0n) is 12.2. The molecule has 2 aromatic rings. The molecule has 1 fully saturated rings. The van der Waals surface area contributed by atoms with Crippen LogP contribution in [0.4, 0.5) is 10.6 Å². The number of carbonyl (C=O) groups is 1. The number of hydrogen-bond acceptors (Lipinski definition) is 4. The fraction of sp³-hybridized carbons (Fsp3) is 0.235. The average molecular weight is 306 g/mol. The van der Waals surface area contributed by atoms with Crippen LogP contribution in [0, 0.1) is 17.2 Å². The van der Waals surface area contributed by atoms with Gasteiger partial charge in [0.2, 0.25) is 0 Å². The highest BCUT2D eigenvalue weighted by Crippen LogP contribution is 2.53. The van der Waals surface area contributed by atoms with Crippen molar-refractivity contribution in [3.05, 3.63) is 53.7 Å². The monoisotopic (exact) mass is 306 g/mol. The molecule has 2 N–H and O–H groups in total. The molecule has 2 aliphatic rings. The molecule has 0 radical (unpaired) electrons. The van der Waals surface area contributed by atoms with Crippen molar-refractivity contribution in [2.75, 3.05) is 11.9 Å². The predicted molar refractivity (Wildman–Crippen MR) is 83.1 cm³/mol. The summed E-state index contributed by atoms with van der Waals surface area (Å²) in [6.45, 7) is 0.627. The second-order valence-electron chi connectivity index (χ2n) is 5.71. The van der Waals surface area contributed by atoms with E-state index in [-0.39, 0.29) is 12.1 Å². The Labute approximate surface area is 133 Å². The summed E-state index contributed by atoms with van der Waals surface area (Å²) in [7, 11) is 0. The summed E-state index contributed by atoms with van der Waals surface area (Å²) in [5.74, 6) is 1.97. The lowest BCUT2D eigenvalue weighted by molar-refractivity contribution is 0.249. The van der Waals surface area contributed by atoms with E-state index in [1.807, 2.05) is 30.3 Å². The number of carbonyl (C=O) groups excluding carboxylic acids is 1. The van der Waals surface area contributed by atoms with Gasteiger partial charge in [-0.2, -0.15) is 5.26 Å². The highest BCUT2D eigenvalue weighted by molar-refractivity contribution is 5.88. The molecule has 1 aromatic heterocycles. The lowest BCUT2D eigenvalue weighted by Gasteiger charge is -2.14. The minimum absolute atomic E-state index is 0.0806. The molecule has 0 unspecified atom stereocenters. The molecule has 6 nitrogen and oxygen atoms in total. The number of benzene rings is 1. The summed E-state index contributed by atoms with van der Waals surface area (Å²) < 4.78 is 5.72. The van der Waals surface area contributed by atoms with Gasteiger partial charge in [-0.25, -0.2) is 9.78 Å². The van der Waals surface area contributed by atoms with Crippen molar-refractivity contribution >= 4 is 11.8 Å². The highest BCUT2D eigenvalue weighted by Gasteiger charge is 2.55. The molecule has 1 aliphatic heterocycles. The lowest BCUT2D eigenvalue weighted by atomic mass is 10.1. The highest BCUT2D eigenvalue weighted by atomic mass is 16.5. The quantitative estimate of drug-likeness (QED) is 0.891. The van der Waals surface area contributed by atoms with E-state index in [1.165, 1.54) is 6.20 Å². The third-order valence-electron chi connectivity index (χ3n) is 4.31. The standard InChI is InChI=1S/C17H14N4O2/c18-7-10-5-6-14(19-8-10)20-17(22)21-16-12-9-23-13-4-2-1-3-11(13)15(12)16/h1-6,8,12,15-16H,9H2,(H2,19,20,21,22)/t12-,15+,16-/m1/s1. The summed E-state index contributed by atoms with van der Waals surface area (Å²) >= 11 is 0. The van der Waals surface area contributed by atoms with Crippen LogP contribution in [0.1, 0.15) is 17.0 Å². The van der Waals surface area contributed by atoms with Gasteiger partial charge < -0.3 is 10.1 Å². The SMILES string of the molecule is N#Cc1ccc(NC(=O)N[C@@H]2[C@@H]3COc4ccccc4[C@@H]32)nc1. The van der Waals surface area contributed by atoms with Crippen LogP contribution in [0.2, 0.25) is 0 Å². The van der Waals surface area contributed by atoms with E-state index in [2.05, 4.69) is 15.6 Å². The molecular weight excluding hydrogens is 292 g/mol. The van der Waals surface area contributed by atoms with Crippen LogP contribution in [0.3, 0.4) is 0 Å². The Bertz CT molecular complexity index is 797. The summed E-state index contributed by atoms with van der Waals surface area (Å²) in [5, 5.41) is 14.4. The van der Waals surface area contributed by atoms with Crippen molar-refractivity contribution in [3.8, 4) is 11.8 Å². The van der Waals surface area contributed by atoms with Crippen molar-refractivity contribution in [3.63, 3.8) is 0 Å². The van der Waals surface area contributed by atoms with E-state index in [0.717, 1.165) is 11.3 Å². The van der Waals surface area contributed by atoms with E-state index in [4.69, 9.17) is 10.00 Å². The number of aromatic nitrogens is 1. The van der Waals surface area contributed by atoms with Crippen molar-refractivity contribution < 1.29 is 9.53 Å². The molecular formula is C17H14N4O2. The van der Waals surface area contributed by atoms with Crippen molar-refractivity contribution in [1.29, 1.82) is 5.26 Å². The molecule has 1 aliphatic carbocycles. The Morgan fingerprint density at radius 2 is 2.17 bits per heavy atom. The Morgan fingerprint density at radius 1 is 1.30 bits per heavy atom. The Hall–Kier alpha value is -3.07. The number of urea groups is 1. The summed E-state index contributed by atoms with van der Waals surface area (Å²) in [6.07, 6.45) is 1.43. The van der Waals surface area contributed by atoms with Crippen LogP contribution in [0.15, 0.2) is 42.6 Å². The molecule has 2 heterocycles. The minimum Gasteiger partial charge on any atom is -0.493 e. The second-order valence-corrected chi connectivity index (χ2v) is 5.71. The number of nitrogens with one attached hydrogen (secondary N) is 2. The number of nitriles is 1. The van der Waals surface area contributed by atoms with E-state index in [0.29, 0.717) is 29.8 Å². The number of nitrogens with zero attached hydrogens (tertiary/aromatic N) is 2. The third-order valence-corrected chi connectivity index (χ3v) is 4.31. The largest absolute Gasteiger partial charge is 0.493 e. The van der Waals surface area contributed by atoms with Crippen molar-refractivity contribution in [1.82, 2.24) is 10.3 Å². The summed E-state index contributed by atoms with van der Waals surface area (Å²) in [6, 6.07) is 12.9. The van der Waals surface area contributed by atoms with Crippen molar-refractivity contribution in [2.45, 2.75) is 12.0 Å². The van der Waals surface area contributed by atoms with E-state index < -0.39 is 0 Å². The van der Waals surface area contributed by atoms with Gasteiger partial charge in [0, 0.05) is 24.1 Å². The van der Waals surface area contributed by atoms with Gasteiger partial charge >= 0.3 is 6.03 Å². The van der Waals surface area contributed by atoms with Crippen LogP contribution < -0.4 is 15.4 Å². The van der Waals surface area contributed by atoms with Gasteiger partial charge in [-0.05, 0) is 23.8 Å². The van der Waals surface area contributed by atoms with Gasteiger partial charge in [0.1, 0.15) is 17.6 Å². The van der Waals surface area contributed by atoms with Gasteiger partial charge in [-0.1, -0.05) is 18.2 Å². The van der Waals surface area contributed by atoms with E-state index in [9.17, 15) is 4.79 Å². The molecule has 1 aromatic carbocycles. The van der Waals surface area contributed by atoms with Crippen LogP contribution in [-0.2, 0) is 0 Å². The molecule has 3 atom stereocenters. The minimum atomic E-state index is -0.293. The number of ether oxygens (including phenoxy) is 1. The number of anilines is 1. The zero-order chi connectivity index (χ0) is 15.8. The summed E-state index contributed by atoms with van der Waals surface area (Å²) in [5.41, 5.74) is 1.61. The smallest absolute Gasteiger partial charge is 0.320 e. The number of amides is 2. The fourth-order valence-electron chi connectivity index (χ4n) is 3.11. The Balaban J connectivity index is 1.40. The molecule has 2 amide bonds. The number of fused-ring (bicyclic) bond motifs is 3. The van der Waals surface area contributed by atoms with E-state index in [1.54, 1.807) is 12.1 Å². The van der Waals surface area contributed by atoms with Gasteiger partial charge in [-0.15, -0.1) is 0 Å². The maximum absolute atomic E-state index is 12.1. The number of para-hydroxylation sites is 1. The maximum Gasteiger partial charge on any atom is 0.320 e. The average Bonchev–Trinajstić information content (AvgIpc) is 3.29. The molecule has 0 saturated heterocycles. The molecule has 23 heavy (non-hydrogen) atoms. The lowest BCUT2D eigenvalue weighted by Crippen LogP contribution is -2.32.